The number of aliphatic imine (C=N–C) groups is 1. The van der Waals surface area contributed by atoms with Gasteiger partial charge in [0.05, 0.1) is 12.3 Å². The molecule has 0 amide bonds. The predicted molar refractivity (Wildman–Crippen MR) is 312 cm³/mol. The maximum atomic E-state index is 12.6. The molecule has 0 bridgehead atoms. The Morgan fingerprint density at radius 1 is 0.708 bits per heavy atom. The zero-order valence-electron chi connectivity index (χ0n) is 48.3. The molecule has 2 rings (SSSR count). The molecular formula is C63H119N3O6. The molecule has 0 aromatic carbocycles. The number of hydrogen-bond donors (Lipinski definition) is 1. The van der Waals surface area contributed by atoms with Crippen LogP contribution >= 0.6 is 0 Å². The van der Waals surface area contributed by atoms with E-state index in [1.165, 1.54) is 180 Å². The summed E-state index contributed by atoms with van der Waals surface area (Å²) in [6.07, 6.45) is 52.3. The summed E-state index contributed by atoms with van der Waals surface area (Å²) in [5.41, 5.74) is 5.74. The van der Waals surface area contributed by atoms with Crippen molar-refractivity contribution in [3.05, 3.63) is 37.6 Å². The van der Waals surface area contributed by atoms with E-state index in [4.69, 9.17) is 15.2 Å². The summed E-state index contributed by atoms with van der Waals surface area (Å²) in [7, 11) is 0. The van der Waals surface area contributed by atoms with Crippen molar-refractivity contribution in [2.24, 2.45) is 16.6 Å². The Morgan fingerprint density at radius 2 is 1.22 bits per heavy atom. The Bertz CT molecular complexity index is 1340. The summed E-state index contributed by atoms with van der Waals surface area (Å²) >= 11 is 0. The topological polar surface area (TPSA) is 128 Å². The smallest absolute Gasteiger partial charge is 0.306 e. The number of rotatable bonds is 45. The Balaban J connectivity index is -0.00000131. The lowest BCUT2D eigenvalue weighted by atomic mass is 10.0. The van der Waals surface area contributed by atoms with E-state index in [1.807, 2.05) is 12.2 Å². The molecule has 1 fully saturated rings. The summed E-state index contributed by atoms with van der Waals surface area (Å²) in [5, 5.41) is 0. The summed E-state index contributed by atoms with van der Waals surface area (Å²) in [6.45, 7) is 23.8. The van der Waals surface area contributed by atoms with Crippen LogP contribution in [0.5, 0.6) is 0 Å². The number of nitrogens with two attached hydrogens (primary N) is 1. The van der Waals surface area contributed by atoms with E-state index in [-0.39, 0.29) is 25.1 Å². The number of hydrogen-bond acceptors (Lipinski definition) is 9. The molecule has 0 aromatic heterocycles. The molecule has 0 spiro atoms. The minimum atomic E-state index is 0. The fourth-order valence-corrected chi connectivity index (χ4v) is 9.20. The second kappa shape index (κ2) is 56.0. The highest BCUT2D eigenvalue weighted by molar-refractivity contribution is 6.39. The third-order valence-corrected chi connectivity index (χ3v) is 13.7. The molecule has 0 aromatic rings. The lowest BCUT2D eigenvalue weighted by molar-refractivity contribution is -0.150. The summed E-state index contributed by atoms with van der Waals surface area (Å²) in [6, 6.07) is 0.555. The van der Waals surface area contributed by atoms with Gasteiger partial charge in [-0.15, -0.1) is 6.58 Å². The van der Waals surface area contributed by atoms with Crippen LogP contribution < -0.4 is 5.73 Å². The summed E-state index contributed by atoms with van der Waals surface area (Å²) in [5.74, 6) is 1.20. The summed E-state index contributed by atoms with van der Waals surface area (Å²) in [4.78, 5) is 51.1. The van der Waals surface area contributed by atoms with Gasteiger partial charge < -0.3 is 20.0 Å². The average Bonchev–Trinajstić information content (AvgIpc) is 3.73. The monoisotopic (exact) mass is 1010 g/mol. The van der Waals surface area contributed by atoms with Crippen LogP contribution in [0.2, 0.25) is 0 Å². The number of ether oxygens (including phenoxy) is 2. The molecule has 0 aliphatic carbocycles. The van der Waals surface area contributed by atoms with Gasteiger partial charge in [-0.1, -0.05) is 188 Å². The van der Waals surface area contributed by atoms with Crippen molar-refractivity contribution in [3.8, 4) is 0 Å². The van der Waals surface area contributed by atoms with Gasteiger partial charge in [0.25, 0.3) is 0 Å². The van der Waals surface area contributed by atoms with Gasteiger partial charge in [0, 0.05) is 53.0 Å². The second-order valence-corrected chi connectivity index (χ2v) is 21.0. The van der Waals surface area contributed by atoms with Crippen LogP contribution in [0.25, 0.3) is 0 Å². The number of allylic oxidation sites excluding steroid dienone is 3. The number of carbonyl (C=O) groups is 4. The molecule has 1 unspecified atom stereocenters. The molecular weight excluding hydrogens is 895 g/mol. The van der Waals surface area contributed by atoms with Gasteiger partial charge in [-0.25, -0.2) is 0 Å². The minimum absolute atomic E-state index is 0. The highest BCUT2D eigenvalue weighted by Crippen LogP contribution is 2.24. The SMILES string of the molecule is C=CC(=O)CCN.C=CCCCCCCCCCCC.CC(=O)C1=NC=CCC1.CCCCCCCCC(CCCCCCCC)OC(=O)CCCCCCCOC[C@@H]1CC(C)CN1CCCCCC(C)=O.[HH]. The molecule has 2 atom stereocenters. The largest absolute Gasteiger partial charge is 0.462 e. The van der Waals surface area contributed by atoms with Crippen molar-refractivity contribution >= 4 is 29.0 Å². The van der Waals surface area contributed by atoms with Crippen LogP contribution in [0.15, 0.2) is 42.6 Å². The molecule has 1 saturated heterocycles. The van der Waals surface area contributed by atoms with Crippen LogP contribution in [0.1, 0.15) is 287 Å². The number of likely N-dealkylation sites (tertiary alicyclic amines) is 1. The minimum Gasteiger partial charge on any atom is -0.462 e. The van der Waals surface area contributed by atoms with E-state index in [2.05, 4.69) is 50.7 Å². The van der Waals surface area contributed by atoms with Gasteiger partial charge in [-0.3, -0.25) is 24.3 Å². The lowest BCUT2D eigenvalue weighted by Gasteiger charge is -2.24. The number of Topliss-reactive ketones (excluding diaryl/α,β-unsaturated/α-hetero) is 2. The molecule has 2 aliphatic heterocycles. The van der Waals surface area contributed by atoms with Crippen molar-refractivity contribution in [1.29, 1.82) is 0 Å². The first-order chi connectivity index (χ1) is 35.0. The number of nitrogens with zero attached hydrogens (tertiary/aromatic N) is 2. The van der Waals surface area contributed by atoms with Gasteiger partial charge in [-0.2, -0.15) is 0 Å². The van der Waals surface area contributed by atoms with E-state index in [1.54, 1.807) is 20.0 Å². The van der Waals surface area contributed by atoms with E-state index >= 15 is 0 Å². The van der Waals surface area contributed by atoms with E-state index in [9.17, 15) is 19.2 Å². The van der Waals surface area contributed by atoms with Crippen molar-refractivity contribution in [2.45, 2.75) is 298 Å². The molecule has 2 N–H and O–H groups in total. The first-order valence-corrected chi connectivity index (χ1v) is 30.2. The maximum absolute atomic E-state index is 12.6. The van der Waals surface area contributed by atoms with Crippen molar-refractivity contribution < 1.29 is 30.1 Å². The van der Waals surface area contributed by atoms with E-state index in [0.29, 0.717) is 36.9 Å². The molecule has 9 heteroatoms. The zero-order valence-corrected chi connectivity index (χ0v) is 48.3. The van der Waals surface area contributed by atoms with E-state index in [0.717, 1.165) is 89.9 Å². The van der Waals surface area contributed by atoms with Gasteiger partial charge in [-0.05, 0) is 115 Å². The molecule has 422 valence electrons. The quantitative estimate of drug-likeness (QED) is 0.0276. The molecule has 72 heavy (non-hydrogen) atoms. The van der Waals surface area contributed by atoms with Gasteiger partial charge in [0.2, 0.25) is 0 Å². The number of esters is 1. The van der Waals surface area contributed by atoms with Crippen LogP contribution in [-0.4, -0.2) is 78.9 Å². The number of ketones is 3. The van der Waals surface area contributed by atoms with E-state index < -0.39 is 0 Å². The normalized spacial score (nSPS) is 15.1. The Labute approximate surface area is 447 Å². The number of carbonyl (C=O) groups excluding carboxylic acids is 4. The summed E-state index contributed by atoms with van der Waals surface area (Å²) < 4.78 is 12.1. The fourth-order valence-electron chi connectivity index (χ4n) is 9.20. The predicted octanol–water partition coefficient (Wildman–Crippen LogP) is 17.4. The molecule has 0 radical (unpaired) electrons. The molecule has 0 saturated carbocycles. The third-order valence-electron chi connectivity index (χ3n) is 13.7. The Kier molecular flexibility index (Phi) is 55.5. The van der Waals surface area contributed by atoms with Gasteiger partial charge in [0.15, 0.2) is 11.6 Å². The van der Waals surface area contributed by atoms with Crippen molar-refractivity contribution in [1.82, 2.24) is 4.90 Å². The molecule has 2 aliphatic rings. The van der Waals surface area contributed by atoms with Crippen LogP contribution in [-0.2, 0) is 28.7 Å². The lowest BCUT2D eigenvalue weighted by Crippen LogP contribution is -2.34. The highest BCUT2D eigenvalue weighted by atomic mass is 16.5. The second-order valence-electron chi connectivity index (χ2n) is 21.0. The van der Waals surface area contributed by atoms with Crippen LogP contribution in [0.4, 0.5) is 0 Å². The van der Waals surface area contributed by atoms with Crippen LogP contribution in [0, 0.1) is 5.92 Å². The van der Waals surface area contributed by atoms with Crippen LogP contribution in [0.3, 0.4) is 0 Å². The Morgan fingerprint density at radius 3 is 1.69 bits per heavy atom. The van der Waals surface area contributed by atoms with Gasteiger partial charge >= 0.3 is 5.97 Å². The third kappa shape index (κ3) is 50.8. The average molecular weight is 1010 g/mol. The van der Waals surface area contributed by atoms with Crippen molar-refractivity contribution in [3.63, 3.8) is 0 Å². The fraction of sp³-hybridized carbons (Fsp3) is 0.825. The first kappa shape index (κ1) is 71.3. The van der Waals surface area contributed by atoms with Gasteiger partial charge in [0.1, 0.15) is 11.9 Å². The maximum Gasteiger partial charge on any atom is 0.306 e. The molecule has 2 heterocycles. The standard InChI is InChI=1S/C38H73NO4.C13H26.C7H9NO.C5H9NO.H2/c1-5-7-9-11-14-20-26-37(27-21-15-12-10-8-6-2)43-38(41)28-22-16-13-17-24-30-42-33-36-31-34(3)32-39(36)29-23-18-19-25-35(4)40;1-3-5-7-9-11-13-12-10-8-6-4-2;1-6(9)7-4-2-3-5-8-7;1-2-5(7)3-4-6;/h34,36-37H,5-33H2,1-4H3;3H,1,4-13H2,2H3;3,5H,2,4H2,1H3;2H,1,3-4,6H2;1H/t34?,36-;;;;/m0..../s1. The zero-order chi connectivity index (χ0) is 53.6. The van der Waals surface area contributed by atoms with Crippen molar-refractivity contribution in [2.75, 3.05) is 32.8 Å². The number of unbranched alkanes of at least 4 members (excludes halogenated alkanes) is 25. The Hall–Kier alpha value is -2.75. The highest BCUT2D eigenvalue weighted by Gasteiger charge is 2.29. The molecule has 9 nitrogen and oxygen atoms in total. The first-order valence-electron chi connectivity index (χ1n) is 30.2.